The predicted molar refractivity (Wildman–Crippen MR) is 115 cm³/mol. The molecule has 1 aromatic heterocycles. The van der Waals surface area contributed by atoms with Crippen molar-refractivity contribution in [2.45, 2.75) is 20.4 Å². The maximum atomic E-state index is 5.68. The first-order valence-corrected chi connectivity index (χ1v) is 10.1. The SMILES string of the molecule is CCNC(=NCc1ccc(OC)c(OCC)c1)N1CCN(c2ncccn2)CC1. The van der Waals surface area contributed by atoms with E-state index >= 15 is 0 Å². The summed E-state index contributed by atoms with van der Waals surface area (Å²) >= 11 is 0. The molecule has 1 N–H and O–H groups in total. The number of aliphatic imine (C=N–C) groups is 1. The smallest absolute Gasteiger partial charge is 0.225 e. The number of hydrogen-bond donors (Lipinski definition) is 1. The van der Waals surface area contributed by atoms with Crippen LogP contribution >= 0.6 is 0 Å². The molecule has 1 fully saturated rings. The van der Waals surface area contributed by atoms with Crippen molar-refractivity contribution in [3.8, 4) is 11.5 Å². The van der Waals surface area contributed by atoms with Gasteiger partial charge in [0.1, 0.15) is 0 Å². The summed E-state index contributed by atoms with van der Waals surface area (Å²) in [5, 5.41) is 3.41. The molecule has 2 heterocycles. The maximum Gasteiger partial charge on any atom is 0.225 e. The van der Waals surface area contributed by atoms with Crippen molar-refractivity contribution >= 4 is 11.9 Å². The first-order valence-electron chi connectivity index (χ1n) is 10.1. The van der Waals surface area contributed by atoms with Gasteiger partial charge in [-0.3, -0.25) is 0 Å². The summed E-state index contributed by atoms with van der Waals surface area (Å²) in [6, 6.07) is 7.80. The number of piperazine rings is 1. The third-order valence-electron chi connectivity index (χ3n) is 4.69. The summed E-state index contributed by atoms with van der Waals surface area (Å²) in [4.78, 5) is 18.0. The quantitative estimate of drug-likeness (QED) is 0.566. The number of anilines is 1. The van der Waals surface area contributed by atoms with Crippen LogP contribution < -0.4 is 19.7 Å². The van der Waals surface area contributed by atoms with Gasteiger partial charge in [0, 0.05) is 45.1 Å². The molecular formula is C21H30N6O2. The number of aromatic nitrogens is 2. The van der Waals surface area contributed by atoms with Crippen molar-refractivity contribution in [1.29, 1.82) is 0 Å². The Kier molecular flexibility index (Phi) is 7.49. The largest absolute Gasteiger partial charge is 0.493 e. The number of ether oxygens (including phenoxy) is 2. The summed E-state index contributed by atoms with van der Waals surface area (Å²) in [5.41, 5.74) is 1.08. The third-order valence-corrected chi connectivity index (χ3v) is 4.69. The van der Waals surface area contributed by atoms with Crippen LogP contribution in [0.1, 0.15) is 19.4 Å². The molecule has 2 aromatic rings. The van der Waals surface area contributed by atoms with Crippen LogP contribution in [0.25, 0.3) is 0 Å². The molecule has 0 saturated carbocycles. The fraction of sp³-hybridized carbons (Fsp3) is 0.476. The van der Waals surface area contributed by atoms with E-state index in [0.29, 0.717) is 13.2 Å². The summed E-state index contributed by atoms with van der Waals surface area (Å²) in [6.45, 7) is 9.53. The second-order valence-electron chi connectivity index (χ2n) is 6.61. The molecule has 0 radical (unpaired) electrons. The Balaban J connectivity index is 1.65. The molecular weight excluding hydrogens is 368 g/mol. The number of nitrogens with zero attached hydrogens (tertiary/aromatic N) is 5. The second kappa shape index (κ2) is 10.5. The van der Waals surface area contributed by atoms with Crippen molar-refractivity contribution in [3.05, 3.63) is 42.2 Å². The van der Waals surface area contributed by atoms with Gasteiger partial charge < -0.3 is 24.6 Å². The average Bonchev–Trinajstić information content (AvgIpc) is 2.78. The van der Waals surface area contributed by atoms with Gasteiger partial charge in [0.25, 0.3) is 0 Å². The molecule has 1 saturated heterocycles. The Morgan fingerprint density at radius 1 is 1.10 bits per heavy atom. The first-order chi connectivity index (χ1) is 14.2. The molecule has 8 nitrogen and oxygen atoms in total. The molecule has 0 amide bonds. The third kappa shape index (κ3) is 5.49. The Morgan fingerprint density at radius 2 is 1.86 bits per heavy atom. The van der Waals surface area contributed by atoms with Gasteiger partial charge in [0.15, 0.2) is 17.5 Å². The molecule has 0 atom stereocenters. The van der Waals surface area contributed by atoms with Crippen LogP contribution in [0.5, 0.6) is 11.5 Å². The highest BCUT2D eigenvalue weighted by Crippen LogP contribution is 2.28. The summed E-state index contributed by atoms with van der Waals surface area (Å²) in [6.07, 6.45) is 3.57. The monoisotopic (exact) mass is 398 g/mol. The maximum absolute atomic E-state index is 5.68. The highest BCUT2D eigenvalue weighted by atomic mass is 16.5. The number of rotatable bonds is 7. The molecule has 0 bridgehead atoms. The van der Waals surface area contributed by atoms with Crippen molar-refractivity contribution in [2.75, 3.05) is 51.3 Å². The molecule has 1 aliphatic rings. The fourth-order valence-corrected chi connectivity index (χ4v) is 3.25. The molecule has 8 heteroatoms. The van der Waals surface area contributed by atoms with Crippen molar-refractivity contribution in [2.24, 2.45) is 4.99 Å². The topological polar surface area (TPSA) is 75.1 Å². The number of benzene rings is 1. The Morgan fingerprint density at radius 3 is 2.52 bits per heavy atom. The van der Waals surface area contributed by atoms with Gasteiger partial charge in [-0.15, -0.1) is 0 Å². The van der Waals surface area contributed by atoms with E-state index in [0.717, 1.165) is 61.7 Å². The lowest BCUT2D eigenvalue weighted by Gasteiger charge is -2.36. The molecule has 0 unspecified atom stereocenters. The van der Waals surface area contributed by atoms with Crippen LogP contribution in [-0.2, 0) is 6.54 Å². The highest BCUT2D eigenvalue weighted by Gasteiger charge is 2.21. The lowest BCUT2D eigenvalue weighted by atomic mass is 10.2. The van der Waals surface area contributed by atoms with Gasteiger partial charge in [-0.25, -0.2) is 15.0 Å². The van der Waals surface area contributed by atoms with Crippen molar-refractivity contribution in [1.82, 2.24) is 20.2 Å². The van der Waals surface area contributed by atoms with Gasteiger partial charge in [0.2, 0.25) is 5.95 Å². The molecule has 156 valence electrons. The Hall–Kier alpha value is -3.03. The zero-order valence-corrected chi connectivity index (χ0v) is 17.5. The first kappa shape index (κ1) is 20.7. The molecule has 1 aromatic carbocycles. The van der Waals surface area contributed by atoms with Crippen LogP contribution in [0.3, 0.4) is 0 Å². The normalized spacial score (nSPS) is 14.7. The zero-order valence-electron chi connectivity index (χ0n) is 17.5. The number of methoxy groups -OCH3 is 1. The van der Waals surface area contributed by atoms with Crippen LogP contribution in [0.15, 0.2) is 41.7 Å². The van der Waals surface area contributed by atoms with Crippen molar-refractivity contribution in [3.63, 3.8) is 0 Å². The fourth-order valence-electron chi connectivity index (χ4n) is 3.25. The zero-order chi connectivity index (χ0) is 20.5. The van der Waals surface area contributed by atoms with E-state index in [2.05, 4.69) is 32.0 Å². The van der Waals surface area contributed by atoms with Crippen LogP contribution in [0.2, 0.25) is 0 Å². The molecule has 0 spiro atoms. The Bertz CT molecular complexity index is 791. The molecule has 1 aliphatic heterocycles. The van der Waals surface area contributed by atoms with E-state index < -0.39 is 0 Å². The predicted octanol–water partition coefficient (Wildman–Crippen LogP) is 2.17. The van der Waals surface area contributed by atoms with E-state index in [4.69, 9.17) is 14.5 Å². The van der Waals surface area contributed by atoms with Gasteiger partial charge >= 0.3 is 0 Å². The minimum atomic E-state index is 0.578. The van der Waals surface area contributed by atoms with Gasteiger partial charge in [-0.2, -0.15) is 0 Å². The average molecular weight is 399 g/mol. The minimum Gasteiger partial charge on any atom is -0.493 e. The lowest BCUT2D eigenvalue weighted by Crippen LogP contribution is -2.52. The van der Waals surface area contributed by atoms with Crippen molar-refractivity contribution < 1.29 is 9.47 Å². The lowest BCUT2D eigenvalue weighted by molar-refractivity contribution is 0.310. The molecule has 0 aliphatic carbocycles. The number of nitrogens with one attached hydrogen (secondary N) is 1. The standard InChI is InChI=1S/C21H30N6O2/c1-4-22-20(25-16-17-7-8-18(28-3)19(15-17)29-5-2)26-11-13-27(14-12-26)21-23-9-6-10-24-21/h6-10,15H,4-5,11-14,16H2,1-3H3,(H,22,25). The van der Waals surface area contributed by atoms with Gasteiger partial charge in [-0.05, 0) is 37.6 Å². The van der Waals surface area contributed by atoms with E-state index in [1.165, 1.54) is 0 Å². The molecule has 3 rings (SSSR count). The summed E-state index contributed by atoms with van der Waals surface area (Å²) in [5.74, 6) is 3.21. The van der Waals surface area contributed by atoms with E-state index in [1.807, 2.05) is 31.2 Å². The van der Waals surface area contributed by atoms with Crippen LogP contribution in [0.4, 0.5) is 5.95 Å². The Labute approximate surface area is 172 Å². The summed E-state index contributed by atoms with van der Waals surface area (Å²) < 4.78 is 11.0. The van der Waals surface area contributed by atoms with Crippen LogP contribution in [-0.4, -0.2) is 67.3 Å². The second-order valence-corrected chi connectivity index (χ2v) is 6.61. The van der Waals surface area contributed by atoms with E-state index in [9.17, 15) is 0 Å². The van der Waals surface area contributed by atoms with E-state index in [1.54, 1.807) is 19.5 Å². The number of hydrogen-bond acceptors (Lipinski definition) is 6. The minimum absolute atomic E-state index is 0.578. The van der Waals surface area contributed by atoms with Gasteiger partial charge in [-0.1, -0.05) is 6.07 Å². The van der Waals surface area contributed by atoms with Gasteiger partial charge in [0.05, 0.1) is 20.3 Å². The number of guanidine groups is 1. The van der Waals surface area contributed by atoms with E-state index in [-0.39, 0.29) is 0 Å². The summed E-state index contributed by atoms with van der Waals surface area (Å²) in [7, 11) is 1.65. The van der Waals surface area contributed by atoms with Crippen LogP contribution in [0, 0.1) is 0 Å². The molecule has 29 heavy (non-hydrogen) atoms. The highest BCUT2D eigenvalue weighted by molar-refractivity contribution is 5.80.